The Bertz CT molecular complexity index is 488. The average Bonchev–Trinajstić information content (AvgIpc) is 3.02. The second-order valence-corrected chi connectivity index (χ2v) is 5.74. The quantitative estimate of drug-likeness (QED) is 0.874. The number of anilines is 1. The number of pyridine rings is 1. The molecule has 1 aliphatic heterocycles. The van der Waals surface area contributed by atoms with Gasteiger partial charge in [-0.3, -0.25) is 4.79 Å². The van der Waals surface area contributed by atoms with Crippen molar-refractivity contribution in [2.24, 2.45) is 11.8 Å². The second-order valence-electron chi connectivity index (χ2n) is 5.74. The standard InChI is InChI=1S/C15H21N3O2/c1-2-16-11-4-5-13(17-7-11)15(20)18-8-10-3-6-14(19)12(10)9-18/h4-5,7,10,12,14,16,19H,2-3,6,8-9H2,1H3. The zero-order valence-electron chi connectivity index (χ0n) is 11.7. The lowest BCUT2D eigenvalue weighted by molar-refractivity contribution is 0.0747. The van der Waals surface area contributed by atoms with Crippen LogP contribution in [-0.2, 0) is 0 Å². The van der Waals surface area contributed by atoms with E-state index in [-0.39, 0.29) is 17.9 Å². The molecule has 1 saturated heterocycles. The first kappa shape index (κ1) is 13.4. The minimum atomic E-state index is -0.234. The first-order chi connectivity index (χ1) is 9.69. The normalized spacial score (nSPS) is 28.5. The number of likely N-dealkylation sites (tertiary alicyclic amines) is 1. The van der Waals surface area contributed by atoms with E-state index in [9.17, 15) is 9.90 Å². The molecule has 0 bridgehead atoms. The fraction of sp³-hybridized carbons (Fsp3) is 0.600. The zero-order valence-corrected chi connectivity index (χ0v) is 11.7. The number of aromatic nitrogens is 1. The number of nitrogens with zero attached hydrogens (tertiary/aromatic N) is 2. The van der Waals surface area contributed by atoms with Crippen molar-refractivity contribution in [2.75, 3.05) is 25.0 Å². The van der Waals surface area contributed by atoms with Crippen molar-refractivity contribution in [3.05, 3.63) is 24.0 Å². The summed E-state index contributed by atoms with van der Waals surface area (Å²) in [4.78, 5) is 18.5. The van der Waals surface area contributed by atoms with Crippen LogP contribution in [0, 0.1) is 11.8 Å². The maximum absolute atomic E-state index is 12.4. The summed E-state index contributed by atoms with van der Waals surface area (Å²) < 4.78 is 0. The van der Waals surface area contributed by atoms with Crippen LogP contribution in [0.5, 0.6) is 0 Å². The average molecular weight is 275 g/mol. The van der Waals surface area contributed by atoms with Gasteiger partial charge in [0, 0.05) is 25.6 Å². The molecule has 2 heterocycles. The van der Waals surface area contributed by atoms with E-state index in [2.05, 4.69) is 10.3 Å². The molecule has 3 atom stereocenters. The largest absolute Gasteiger partial charge is 0.393 e. The maximum Gasteiger partial charge on any atom is 0.272 e. The fourth-order valence-electron chi connectivity index (χ4n) is 3.39. The molecule has 2 fully saturated rings. The minimum absolute atomic E-state index is 0.0188. The zero-order chi connectivity index (χ0) is 14.1. The van der Waals surface area contributed by atoms with Gasteiger partial charge >= 0.3 is 0 Å². The molecule has 3 rings (SSSR count). The maximum atomic E-state index is 12.4. The van der Waals surface area contributed by atoms with Gasteiger partial charge in [-0.1, -0.05) is 0 Å². The van der Waals surface area contributed by atoms with Crippen LogP contribution in [0.2, 0.25) is 0 Å². The summed E-state index contributed by atoms with van der Waals surface area (Å²) in [6.45, 7) is 4.29. The predicted molar refractivity (Wildman–Crippen MR) is 76.5 cm³/mol. The molecule has 1 aliphatic carbocycles. The SMILES string of the molecule is CCNc1ccc(C(=O)N2CC3CCC(O)C3C2)nc1. The highest BCUT2D eigenvalue weighted by atomic mass is 16.3. The highest BCUT2D eigenvalue weighted by Gasteiger charge is 2.43. The van der Waals surface area contributed by atoms with Crippen molar-refractivity contribution in [2.45, 2.75) is 25.9 Å². The summed E-state index contributed by atoms with van der Waals surface area (Å²) in [5, 5.41) is 13.1. The Hall–Kier alpha value is -1.62. The number of amides is 1. The van der Waals surface area contributed by atoms with Gasteiger partial charge in [-0.2, -0.15) is 0 Å². The van der Waals surface area contributed by atoms with Crippen molar-refractivity contribution in [1.82, 2.24) is 9.88 Å². The third-order valence-electron chi connectivity index (χ3n) is 4.47. The summed E-state index contributed by atoms with van der Waals surface area (Å²) in [6, 6.07) is 3.65. The van der Waals surface area contributed by atoms with Crippen molar-refractivity contribution < 1.29 is 9.90 Å². The van der Waals surface area contributed by atoms with Crippen molar-refractivity contribution in [3.63, 3.8) is 0 Å². The Morgan fingerprint density at radius 1 is 1.45 bits per heavy atom. The number of aliphatic hydroxyl groups excluding tert-OH is 1. The molecule has 5 nitrogen and oxygen atoms in total. The van der Waals surface area contributed by atoms with Crippen LogP contribution in [0.3, 0.4) is 0 Å². The lowest BCUT2D eigenvalue weighted by Gasteiger charge is -2.18. The van der Waals surface area contributed by atoms with Crippen LogP contribution < -0.4 is 5.32 Å². The van der Waals surface area contributed by atoms with Gasteiger partial charge in [0.1, 0.15) is 5.69 Å². The van der Waals surface area contributed by atoms with E-state index >= 15 is 0 Å². The molecule has 0 radical (unpaired) electrons. The third kappa shape index (κ3) is 2.38. The number of carbonyl (C=O) groups excluding carboxylic acids is 1. The Morgan fingerprint density at radius 3 is 2.95 bits per heavy atom. The topological polar surface area (TPSA) is 65.5 Å². The Morgan fingerprint density at radius 2 is 2.30 bits per heavy atom. The number of aliphatic hydroxyl groups is 1. The van der Waals surface area contributed by atoms with Crippen molar-refractivity contribution in [3.8, 4) is 0 Å². The third-order valence-corrected chi connectivity index (χ3v) is 4.47. The monoisotopic (exact) mass is 275 g/mol. The predicted octanol–water partition coefficient (Wildman–Crippen LogP) is 1.36. The first-order valence-electron chi connectivity index (χ1n) is 7.36. The van der Waals surface area contributed by atoms with Crippen LogP contribution in [0.4, 0.5) is 5.69 Å². The molecule has 2 N–H and O–H groups in total. The van der Waals surface area contributed by atoms with Gasteiger partial charge in [0.25, 0.3) is 5.91 Å². The summed E-state index contributed by atoms with van der Waals surface area (Å²) in [5.41, 5.74) is 1.42. The molecule has 5 heteroatoms. The smallest absolute Gasteiger partial charge is 0.272 e. The van der Waals surface area contributed by atoms with Crippen LogP contribution >= 0.6 is 0 Å². The highest BCUT2D eigenvalue weighted by molar-refractivity contribution is 5.92. The molecule has 3 unspecified atom stereocenters. The van der Waals surface area contributed by atoms with Crippen LogP contribution in [0.25, 0.3) is 0 Å². The molecular formula is C15H21N3O2. The van der Waals surface area contributed by atoms with Gasteiger partial charge < -0.3 is 15.3 Å². The van der Waals surface area contributed by atoms with Crippen molar-refractivity contribution in [1.29, 1.82) is 0 Å². The number of hydrogen-bond donors (Lipinski definition) is 2. The number of fused-ring (bicyclic) bond motifs is 1. The minimum Gasteiger partial charge on any atom is -0.393 e. The molecule has 1 amide bonds. The molecule has 1 aromatic rings. The number of carbonyl (C=O) groups is 1. The Balaban J connectivity index is 1.67. The Labute approximate surface area is 119 Å². The summed E-state index contributed by atoms with van der Waals surface area (Å²) in [5.74, 6) is 0.713. The van der Waals surface area contributed by atoms with Gasteiger partial charge in [0.15, 0.2) is 0 Å². The molecule has 1 aromatic heterocycles. The van der Waals surface area contributed by atoms with Crippen LogP contribution in [-0.4, -0.2) is 46.6 Å². The number of nitrogens with one attached hydrogen (secondary N) is 1. The molecule has 20 heavy (non-hydrogen) atoms. The van der Waals surface area contributed by atoms with Crippen LogP contribution in [0.1, 0.15) is 30.3 Å². The Kier molecular flexibility index (Phi) is 3.61. The van der Waals surface area contributed by atoms with Crippen molar-refractivity contribution >= 4 is 11.6 Å². The van der Waals surface area contributed by atoms with Gasteiger partial charge in [0.05, 0.1) is 18.0 Å². The summed E-state index contributed by atoms with van der Waals surface area (Å²) >= 11 is 0. The lowest BCUT2D eigenvalue weighted by Crippen LogP contribution is -2.31. The number of rotatable bonds is 3. The second kappa shape index (κ2) is 5.40. The highest BCUT2D eigenvalue weighted by Crippen LogP contribution is 2.38. The molecule has 2 aliphatic rings. The fourth-order valence-corrected chi connectivity index (χ4v) is 3.39. The lowest BCUT2D eigenvalue weighted by atomic mass is 10.00. The molecule has 0 aromatic carbocycles. The first-order valence-corrected chi connectivity index (χ1v) is 7.36. The van der Waals surface area contributed by atoms with Gasteiger partial charge in [0.2, 0.25) is 0 Å². The molecular weight excluding hydrogens is 254 g/mol. The van der Waals surface area contributed by atoms with Gasteiger partial charge in [-0.25, -0.2) is 4.98 Å². The van der Waals surface area contributed by atoms with Crippen LogP contribution in [0.15, 0.2) is 18.3 Å². The van der Waals surface area contributed by atoms with E-state index in [1.165, 1.54) is 0 Å². The molecule has 1 saturated carbocycles. The van der Waals surface area contributed by atoms with E-state index in [0.717, 1.165) is 31.6 Å². The summed E-state index contributed by atoms with van der Waals surface area (Å²) in [7, 11) is 0. The molecule has 108 valence electrons. The van der Waals surface area contributed by atoms with Gasteiger partial charge in [-0.05, 0) is 37.8 Å². The van der Waals surface area contributed by atoms with E-state index in [0.29, 0.717) is 18.2 Å². The molecule has 0 spiro atoms. The van der Waals surface area contributed by atoms with Gasteiger partial charge in [-0.15, -0.1) is 0 Å². The van der Waals surface area contributed by atoms with E-state index in [4.69, 9.17) is 0 Å². The van der Waals surface area contributed by atoms with E-state index in [1.807, 2.05) is 17.9 Å². The van der Waals surface area contributed by atoms with E-state index < -0.39 is 0 Å². The summed E-state index contributed by atoms with van der Waals surface area (Å²) in [6.07, 6.45) is 3.37. The van der Waals surface area contributed by atoms with E-state index in [1.54, 1.807) is 12.3 Å². The number of hydrogen-bond acceptors (Lipinski definition) is 4.